The number of carbonyl (C=O) groups excluding carboxylic acids is 2. The van der Waals surface area contributed by atoms with Crippen LogP contribution in [0.4, 0.5) is 5.69 Å². The van der Waals surface area contributed by atoms with Crippen molar-refractivity contribution in [3.05, 3.63) is 63.6 Å². The van der Waals surface area contributed by atoms with Crippen molar-refractivity contribution in [2.24, 2.45) is 5.73 Å². The predicted molar refractivity (Wildman–Crippen MR) is 81.8 cm³/mol. The van der Waals surface area contributed by atoms with Gasteiger partial charge in [0.15, 0.2) is 0 Å². The first-order valence-corrected chi connectivity index (χ1v) is 6.73. The number of nitrogens with one attached hydrogen (secondary N) is 1. The zero-order valence-electron chi connectivity index (χ0n) is 10.8. The fraction of sp³-hybridized carbons (Fsp3) is 0.0667. The van der Waals surface area contributed by atoms with E-state index in [0.29, 0.717) is 16.8 Å². The average molecular weight is 333 g/mol. The molecule has 0 aromatic heterocycles. The SMILES string of the molecule is Cc1cc(Br)cc(NC(=O)c2cccc(C(N)=O)c2)c1. The molecule has 0 bridgehead atoms. The van der Waals surface area contributed by atoms with E-state index in [1.165, 1.54) is 6.07 Å². The summed E-state index contributed by atoms with van der Waals surface area (Å²) in [6.45, 7) is 1.94. The van der Waals surface area contributed by atoms with Crippen molar-refractivity contribution in [3.63, 3.8) is 0 Å². The van der Waals surface area contributed by atoms with Gasteiger partial charge in [-0.05, 0) is 48.9 Å². The van der Waals surface area contributed by atoms with Gasteiger partial charge in [0, 0.05) is 21.3 Å². The Kier molecular flexibility index (Phi) is 4.20. The van der Waals surface area contributed by atoms with Crippen LogP contribution in [0, 0.1) is 6.92 Å². The summed E-state index contributed by atoms with van der Waals surface area (Å²) in [5.74, 6) is -0.844. The van der Waals surface area contributed by atoms with E-state index in [2.05, 4.69) is 21.2 Å². The molecule has 0 spiro atoms. The molecule has 0 atom stereocenters. The zero-order valence-corrected chi connectivity index (χ0v) is 12.4. The van der Waals surface area contributed by atoms with E-state index >= 15 is 0 Å². The molecule has 2 aromatic rings. The molecule has 0 unspecified atom stereocenters. The van der Waals surface area contributed by atoms with Crippen LogP contribution in [0.15, 0.2) is 46.9 Å². The summed E-state index contributed by atoms with van der Waals surface area (Å²) in [4.78, 5) is 23.2. The van der Waals surface area contributed by atoms with Gasteiger partial charge in [-0.15, -0.1) is 0 Å². The lowest BCUT2D eigenvalue weighted by atomic mass is 10.1. The van der Waals surface area contributed by atoms with Gasteiger partial charge in [0.05, 0.1) is 0 Å². The molecule has 0 aliphatic rings. The van der Waals surface area contributed by atoms with E-state index in [-0.39, 0.29) is 5.91 Å². The largest absolute Gasteiger partial charge is 0.366 e. The standard InChI is InChI=1S/C15H13BrN2O2/c1-9-5-12(16)8-13(6-9)18-15(20)11-4-2-3-10(7-11)14(17)19/h2-8H,1H3,(H2,17,19)(H,18,20). The van der Waals surface area contributed by atoms with E-state index in [1.54, 1.807) is 18.2 Å². The van der Waals surface area contributed by atoms with Crippen molar-refractivity contribution in [1.29, 1.82) is 0 Å². The second kappa shape index (κ2) is 5.88. The number of aryl methyl sites for hydroxylation is 1. The van der Waals surface area contributed by atoms with Crippen LogP contribution in [0.5, 0.6) is 0 Å². The van der Waals surface area contributed by atoms with Crippen LogP contribution in [-0.2, 0) is 0 Å². The molecular weight excluding hydrogens is 320 g/mol. The van der Waals surface area contributed by atoms with Gasteiger partial charge in [-0.1, -0.05) is 22.0 Å². The minimum atomic E-state index is -0.557. The second-order valence-corrected chi connectivity index (χ2v) is 5.33. The third kappa shape index (κ3) is 3.45. The van der Waals surface area contributed by atoms with Crippen LogP contribution < -0.4 is 11.1 Å². The molecule has 0 aliphatic carbocycles. The normalized spacial score (nSPS) is 10.1. The molecule has 0 saturated carbocycles. The maximum atomic E-state index is 12.1. The van der Waals surface area contributed by atoms with Gasteiger partial charge < -0.3 is 11.1 Å². The first kappa shape index (κ1) is 14.3. The van der Waals surface area contributed by atoms with Crippen LogP contribution in [0.3, 0.4) is 0 Å². The van der Waals surface area contributed by atoms with Crippen LogP contribution in [0.25, 0.3) is 0 Å². The number of rotatable bonds is 3. The smallest absolute Gasteiger partial charge is 0.255 e. The lowest BCUT2D eigenvalue weighted by molar-refractivity contribution is 0.1000. The Morgan fingerprint density at radius 3 is 2.45 bits per heavy atom. The zero-order chi connectivity index (χ0) is 14.7. The first-order valence-electron chi connectivity index (χ1n) is 5.94. The monoisotopic (exact) mass is 332 g/mol. The number of carbonyl (C=O) groups is 2. The first-order chi connectivity index (χ1) is 9.45. The molecule has 2 rings (SSSR count). The minimum Gasteiger partial charge on any atom is -0.366 e. The van der Waals surface area contributed by atoms with E-state index in [4.69, 9.17) is 5.73 Å². The number of anilines is 1. The van der Waals surface area contributed by atoms with Crippen molar-refractivity contribution in [2.45, 2.75) is 6.92 Å². The Balaban J connectivity index is 2.23. The maximum Gasteiger partial charge on any atom is 0.255 e. The lowest BCUT2D eigenvalue weighted by Gasteiger charge is -2.07. The van der Waals surface area contributed by atoms with Crippen LogP contribution in [0.2, 0.25) is 0 Å². The topological polar surface area (TPSA) is 72.2 Å². The minimum absolute atomic E-state index is 0.286. The van der Waals surface area contributed by atoms with Crippen LogP contribution >= 0.6 is 15.9 Å². The van der Waals surface area contributed by atoms with Crippen LogP contribution in [0.1, 0.15) is 26.3 Å². The molecule has 5 heteroatoms. The Morgan fingerprint density at radius 2 is 1.80 bits per heavy atom. The average Bonchev–Trinajstić information content (AvgIpc) is 2.37. The summed E-state index contributed by atoms with van der Waals surface area (Å²) in [5.41, 5.74) is 7.61. The fourth-order valence-corrected chi connectivity index (χ4v) is 2.43. The summed E-state index contributed by atoms with van der Waals surface area (Å²) in [7, 11) is 0. The van der Waals surface area contributed by atoms with Gasteiger partial charge in [0.2, 0.25) is 5.91 Å². The molecule has 3 N–H and O–H groups in total. The van der Waals surface area contributed by atoms with Crippen LogP contribution in [-0.4, -0.2) is 11.8 Å². The predicted octanol–water partition coefficient (Wildman–Crippen LogP) is 3.11. The molecule has 2 aromatic carbocycles. The Labute approximate surface area is 125 Å². The molecule has 0 radical (unpaired) electrons. The highest BCUT2D eigenvalue weighted by Gasteiger charge is 2.09. The fourth-order valence-electron chi connectivity index (χ4n) is 1.83. The molecule has 20 heavy (non-hydrogen) atoms. The highest BCUT2D eigenvalue weighted by Crippen LogP contribution is 2.19. The van der Waals surface area contributed by atoms with Crippen molar-refractivity contribution in [1.82, 2.24) is 0 Å². The van der Waals surface area contributed by atoms with E-state index in [0.717, 1.165) is 10.0 Å². The summed E-state index contributed by atoms with van der Waals surface area (Å²) < 4.78 is 0.888. The summed E-state index contributed by atoms with van der Waals surface area (Å²) in [6.07, 6.45) is 0. The van der Waals surface area contributed by atoms with Crippen molar-refractivity contribution in [3.8, 4) is 0 Å². The second-order valence-electron chi connectivity index (χ2n) is 4.42. The number of primary amides is 1. The van der Waals surface area contributed by atoms with Crippen molar-refractivity contribution < 1.29 is 9.59 Å². The van der Waals surface area contributed by atoms with Gasteiger partial charge in [0.25, 0.3) is 5.91 Å². The Bertz CT molecular complexity index is 663. The summed E-state index contributed by atoms with van der Waals surface area (Å²) in [5, 5.41) is 2.78. The van der Waals surface area contributed by atoms with E-state index in [1.807, 2.05) is 25.1 Å². The number of nitrogens with two attached hydrogens (primary N) is 1. The number of halogens is 1. The maximum absolute atomic E-state index is 12.1. The van der Waals surface area contributed by atoms with Gasteiger partial charge in [0.1, 0.15) is 0 Å². The molecule has 4 nitrogen and oxygen atoms in total. The third-order valence-corrected chi connectivity index (χ3v) is 3.17. The number of hydrogen-bond donors (Lipinski definition) is 2. The molecular formula is C15H13BrN2O2. The molecule has 0 saturated heterocycles. The van der Waals surface area contributed by atoms with Gasteiger partial charge in [-0.3, -0.25) is 9.59 Å². The molecule has 102 valence electrons. The third-order valence-electron chi connectivity index (χ3n) is 2.71. The summed E-state index contributed by atoms with van der Waals surface area (Å²) >= 11 is 3.38. The number of amides is 2. The van der Waals surface area contributed by atoms with E-state index < -0.39 is 5.91 Å². The number of hydrogen-bond acceptors (Lipinski definition) is 2. The number of benzene rings is 2. The molecule has 0 fully saturated rings. The van der Waals surface area contributed by atoms with Crippen molar-refractivity contribution >= 4 is 33.4 Å². The van der Waals surface area contributed by atoms with Gasteiger partial charge >= 0.3 is 0 Å². The Morgan fingerprint density at radius 1 is 1.10 bits per heavy atom. The molecule has 0 aliphatic heterocycles. The highest BCUT2D eigenvalue weighted by molar-refractivity contribution is 9.10. The lowest BCUT2D eigenvalue weighted by Crippen LogP contribution is -2.15. The molecule has 0 heterocycles. The summed E-state index contributed by atoms with van der Waals surface area (Å²) in [6, 6.07) is 11.9. The van der Waals surface area contributed by atoms with Gasteiger partial charge in [-0.2, -0.15) is 0 Å². The Hall–Kier alpha value is -2.14. The van der Waals surface area contributed by atoms with Crippen molar-refractivity contribution in [2.75, 3.05) is 5.32 Å². The van der Waals surface area contributed by atoms with E-state index in [9.17, 15) is 9.59 Å². The van der Waals surface area contributed by atoms with Gasteiger partial charge in [-0.25, -0.2) is 0 Å². The highest BCUT2D eigenvalue weighted by atomic mass is 79.9. The molecule has 2 amide bonds. The quantitative estimate of drug-likeness (QED) is 0.906.